The first-order chi connectivity index (χ1) is 12.4. The molecular weight excluding hydrogens is 469 g/mol. The molecule has 0 atom stereocenters. The van der Waals surface area contributed by atoms with Gasteiger partial charge in [-0.3, -0.25) is 0 Å². The number of rotatable bonds is 1. The van der Waals surface area contributed by atoms with Gasteiger partial charge in [0, 0.05) is 0 Å². The predicted molar refractivity (Wildman–Crippen MR) is 105 cm³/mol. The summed E-state index contributed by atoms with van der Waals surface area (Å²) in [7, 11) is -4.27. The fourth-order valence-electron chi connectivity index (χ4n) is 2.77. The minimum atomic E-state index is -4.27. The molecule has 8 heteroatoms. The van der Waals surface area contributed by atoms with Crippen molar-refractivity contribution in [3.8, 4) is 0 Å². The van der Waals surface area contributed by atoms with Crippen LogP contribution in [0.15, 0.2) is 53.4 Å². The molecule has 6 nitrogen and oxygen atoms in total. The van der Waals surface area contributed by atoms with Crippen LogP contribution in [-0.4, -0.2) is 40.0 Å². The number of halogens is 1. The van der Waals surface area contributed by atoms with Crippen LogP contribution < -0.4 is 0 Å². The van der Waals surface area contributed by atoms with Crippen LogP contribution in [0.3, 0.4) is 0 Å². The fraction of sp³-hybridized carbons (Fsp3) is 0.278. The van der Waals surface area contributed by atoms with E-state index in [1.165, 1.54) is 25.0 Å². The number of nitrogens with zero attached hydrogens (tertiary/aromatic N) is 1. The third-order valence-corrected chi connectivity index (χ3v) is 7.75. The van der Waals surface area contributed by atoms with Crippen LogP contribution in [-0.2, 0) is 13.2 Å². The first-order valence-corrected chi connectivity index (χ1v) is 12.5. The Kier molecular flexibility index (Phi) is 5.96. The SMILES string of the molecule is Cc1ccc(S(=O)(=O)[O-])cc1.OI1OC(=[N+]2CCCC2)c2ccccc21. The maximum absolute atomic E-state index is 10.4. The van der Waals surface area contributed by atoms with Gasteiger partial charge in [0.05, 0.1) is 4.90 Å². The molecule has 0 amide bonds. The zero-order valence-electron chi connectivity index (χ0n) is 14.3. The van der Waals surface area contributed by atoms with E-state index in [-0.39, 0.29) is 4.90 Å². The zero-order valence-corrected chi connectivity index (χ0v) is 17.2. The van der Waals surface area contributed by atoms with Gasteiger partial charge < -0.3 is 4.55 Å². The Morgan fingerprint density at radius 3 is 2.31 bits per heavy atom. The van der Waals surface area contributed by atoms with E-state index >= 15 is 0 Å². The van der Waals surface area contributed by atoms with Crippen molar-refractivity contribution >= 4 is 36.7 Å². The second-order valence-electron chi connectivity index (χ2n) is 6.05. The standard InChI is InChI=1S/C11H13INO2.C7H8O3S/c14-12-10-6-2-1-5-9(10)11(15-12)13-7-3-4-8-13;1-6-2-4-7(5-3-6)11(8,9)10/h1-2,5-6,14H,3-4,7-8H2;2-5H,1H3,(H,8,9,10)/q+1;/p-1. The summed E-state index contributed by atoms with van der Waals surface area (Å²) in [5.41, 5.74) is 2.05. The van der Waals surface area contributed by atoms with Gasteiger partial charge in [-0.1, -0.05) is 17.7 Å². The molecule has 0 radical (unpaired) electrons. The van der Waals surface area contributed by atoms with Crippen LogP contribution in [0.5, 0.6) is 0 Å². The van der Waals surface area contributed by atoms with E-state index in [0.717, 1.165) is 33.7 Å². The summed E-state index contributed by atoms with van der Waals surface area (Å²) >= 11 is -2.31. The average Bonchev–Trinajstić information content (AvgIpc) is 3.24. The summed E-state index contributed by atoms with van der Waals surface area (Å²) in [6, 6.07) is 13.8. The van der Waals surface area contributed by atoms with Crippen LogP contribution >= 0.6 is 20.6 Å². The normalized spacial score (nSPS) is 17.4. The molecule has 0 aromatic heterocycles. The summed E-state index contributed by atoms with van der Waals surface area (Å²) in [6.07, 6.45) is 2.46. The van der Waals surface area contributed by atoms with Gasteiger partial charge in [0.15, 0.2) is 0 Å². The van der Waals surface area contributed by atoms with E-state index in [1.807, 2.05) is 25.1 Å². The fourth-order valence-corrected chi connectivity index (χ4v) is 5.81. The Morgan fingerprint density at radius 2 is 1.69 bits per heavy atom. The molecule has 1 saturated heterocycles. The second-order valence-corrected chi connectivity index (χ2v) is 10.4. The first-order valence-electron chi connectivity index (χ1n) is 8.18. The monoisotopic (exact) mass is 489 g/mol. The molecule has 2 heterocycles. The minimum absolute atomic E-state index is 0.178. The van der Waals surface area contributed by atoms with Gasteiger partial charge in [0.1, 0.15) is 10.1 Å². The zero-order chi connectivity index (χ0) is 18.7. The molecule has 140 valence electrons. The Hall–Kier alpha value is -1.49. The molecule has 0 unspecified atom stereocenters. The van der Waals surface area contributed by atoms with Gasteiger partial charge in [-0.15, -0.1) is 0 Å². The van der Waals surface area contributed by atoms with Crippen molar-refractivity contribution in [3.05, 3.63) is 63.2 Å². The second kappa shape index (κ2) is 8.03. The predicted octanol–water partition coefficient (Wildman–Crippen LogP) is 2.67. The van der Waals surface area contributed by atoms with Gasteiger partial charge in [0.2, 0.25) is 0 Å². The van der Waals surface area contributed by atoms with Crippen molar-refractivity contribution in [2.24, 2.45) is 0 Å². The summed E-state index contributed by atoms with van der Waals surface area (Å²) in [4.78, 5) is -0.178. The van der Waals surface area contributed by atoms with E-state index in [2.05, 4.69) is 10.6 Å². The van der Waals surface area contributed by atoms with E-state index in [0.29, 0.717) is 0 Å². The summed E-state index contributed by atoms with van der Waals surface area (Å²) in [6.45, 7) is 3.95. The van der Waals surface area contributed by atoms with E-state index in [1.54, 1.807) is 12.1 Å². The van der Waals surface area contributed by atoms with Crippen LogP contribution in [0.25, 0.3) is 0 Å². The third-order valence-electron chi connectivity index (χ3n) is 4.13. The van der Waals surface area contributed by atoms with Crippen molar-refractivity contribution in [1.29, 1.82) is 0 Å². The average molecular weight is 489 g/mol. The molecule has 1 fully saturated rings. The quantitative estimate of drug-likeness (QED) is 0.378. The summed E-state index contributed by atoms with van der Waals surface area (Å²) < 4.78 is 50.0. The van der Waals surface area contributed by atoms with Crippen LogP contribution in [0, 0.1) is 10.5 Å². The number of hydrogen-bond acceptors (Lipinski definition) is 5. The molecule has 2 aromatic carbocycles. The molecule has 2 aromatic rings. The Labute approximate surface area is 161 Å². The molecular formula is C18H20INO5S. The number of benzene rings is 2. The topological polar surface area (TPSA) is 89.7 Å². The first kappa shape index (κ1) is 19.3. The van der Waals surface area contributed by atoms with E-state index in [4.69, 9.17) is 3.07 Å². The Balaban J connectivity index is 0.000000160. The Morgan fingerprint density at radius 1 is 1.08 bits per heavy atom. The molecule has 26 heavy (non-hydrogen) atoms. The summed E-state index contributed by atoms with van der Waals surface area (Å²) in [5.74, 6) is 0.927. The molecule has 4 rings (SSSR count). The van der Waals surface area contributed by atoms with Crippen molar-refractivity contribution in [3.63, 3.8) is 0 Å². The maximum atomic E-state index is 10.4. The van der Waals surface area contributed by atoms with Crippen LogP contribution in [0.2, 0.25) is 0 Å². The molecule has 0 saturated carbocycles. The number of aryl methyl sites for hydroxylation is 1. The van der Waals surface area contributed by atoms with Crippen LogP contribution in [0.4, 0.5) is 0 Å². The third kappa shape index (κ3) is 4.43. The summed E-state index contributed by atoms with van der Waals surface area (Å²) in [5, 5.41) is 0. The van der Waals surface area contributed by atoms with Crippen LogP contribution in [0.1, 0.15) is 24.0 Å². The number of hydrogen-bond donors (Lipinski definition) is 1. The molecule has 2 aliphatic rings. The number of fused-ring (bicyclic) bond motifs is 1. The molecule has 0 spiro atoms. The van der Waals surface area contributed by atoms with Gasteiger partial charge in [-0.2, -0.15) is 0 Å². The van der Waals surface area contributed by atoms with Crippen molar-refractivity contribution in [1.82, 2.24) is 0 Å². The molecule has 0 bridgehead atoms. The van der Waals surface area contributed by atoms with Gasteiger partial charge in [-0.05, 0) is 19.1 Å². The van der Waals surface area contributed by atoms with Crippen molar-refractivity contribution in [2.45, 2.75) is 24.7 Å². The van der Waals surface area contributed by atoms with E-state index in [9.17, 15) is 16.4 Å². The van der Waals surface area contributed by atoms with Crippen molar-refractivity contribution in [2.75, 3.05) is 13.1 Å². The van der Waals surface area contributed by atoms with Gasteiger partial charge in [0.25, 0.3) is 0 Å². The van der Waals surface area contributed by atoms with Gasteiger partial charge >= 0.3 is 97.0 Å². The van der Waals surface area contributed by atoms with Gasteiger partial charge in [-0.25, -0.2) is 8.42 Å². The molecule has 2 aliphatic heterocycles. The molecule has 0 aliphatic carbocycles. The van der Waals surface area contributed by atoms with Crippen molar-refractivity contribution < 1.29 is 24.0 Å². The molecule has 1 N–H and O–H groups in total. The van der Waals surface area contributed by atoms with E-state index < -0.39 is 30.8 Å². The Bertz CT molecular complexity index is 917.